The van der Waals surface area contributed by atoms with E-state index in [0.717, 1.165) is 10.9 Å². The Hall–Kier alpha value is -4.59. The molecule has 0 spiro atoms. The predicted octanol–water partition coefficient (Wildman–Crippen LogP) is 4.36. The van der Waals surface area contributed by atoms with Crippen molar-refractivity contribution in [2.75, 3.05) is 16.0 Å². The zero-order valence-corrected chi connectivity index (χ0v) is 16.9. The van der Waals surface area contributed by atoms with Gasteiger partial charge < -0.3 is 26.1 Å². The third-order valence-electron chi connectivity index (χ3n) is 4.64. The first-order chi connectivity index (χ1) is 15.5. The quantitative estimate of drug-likeness (QED) is 0.364. The Balaban J connectivity index is 1.34. The van der Waals surface area contributed by atoms with Gasteiger partial charge in [-0.2, -0.15) is 0 Å². The Morgan fingerprint density at radius 2 is 1.47 bits per heavy atom. The smallest absolute Gasteiger partial charge is 0.316 e. The third kappa shape index (κ3) is 5.11. The minimum atomic E-state index is -0.680. The van der Waals surface area contributed by atoms with Crippen LogP contribution in [0.25, 0.3) is 11.0 Å². The van der Waals surface area contributed by atoms with E-state index < -0.39 is 6.03 Å². The van der Waals surface area contributed by atoms with Crippen molar-refractivity contribution in [1.82, 2.24) is 0 Å². The zero-order chi connectivity index (χ0) is 22.5. The molecule has 4 rings (SSSR count). The highest BCUT2D eigenvalue weighted by atomic mass is 16.3. The SMILES string of the molecule is NC(=O)Nc1cccc(NC(=O)Cc2ccc(NC(=O)c3cc4ccccc4o3)cc2)c1. The van der Waals surface area contributed by atoms with Crippen LogP contribution in [0.3, 0.4) is 0 Å². The third-order valence-corrected chi connectivity index (χ3v) is 4.64. The lowest BCUT2D eigenvalue weighted by Crippen LogP contribution is -2.19. The summed E-state index contributed by atoms with van der Waals surface area (Å²) in [5.74, 6) is -0.348. The molecule has 0 fully saturated rings. The number of furan rings is 1. The number of benzene rings is 3. The van der Waals surface area contributed by atoms with Gasteiger partial charge in [0.1, 0.15) is 5.58 Å². The van der Waals surface area contributed by atoms with Gasteiger partial charge in [0.25, 0.3) is 5.91 Å². The van der Waals surface area contributed by atoms with Crippen molar-refractivity contribution < 1.29 is 18.8 Å². The monoisotopic (exact) mass is 428 g/mol. The second-order valence-corrected chi connectivity index (χ2v) is 7.09. The van der Waals surface area contributed by atoms with Crippen LogP contribution in [0.2, 0.25) is 0 Å². The number of hydrogen-bond donors (Lipinski definition) is 4. The first kappa shape index (κ1) is 20.7. The molecule has 8 heteroatoms. The number of para-hydroxylation sites is 1. The van der Waals surface area contributed by atoms with Gasteiger partial charge in [-0.25, -0.2) is 4.79 Å². The lowest BCUT2D eigenvalue weighted by Gasteiger charge is -2.08. The summed E-state index contributed by atoms with van der Waals surface area (Å²) in [7, 11) is 0. The van der Waals surface area contributed by atoms with E-state index in [0.29, 0.717) is 22.6 Å². The van der Waals surface area contributed by atoms with Gasteiger partial charge in [0.2, 0.25) is 5.91 Å². The summed E-state index contributed by atoms with van der Waals surface area (Å²) >= 11 is 0. The van der Waals surface area contributed by atoms with Crippen LogP contribution in [0.5, 0.6) is 0 Å². The van der Waals surface area contributed by atoms with Gasteiger partial charge in [0.15, 0.2) is 5.76 Å². The van der Waals surface area contributed by atoms with E-state index in [-0.39, 0.29) is 24.0 Å². The summed E-state index contributed by atoms with van der Waals surface area (Å²) in [5, 5.41) is 8.87. The summed E-state index contributed by atoms with van der Waals surface area (Å²) < 4.78 is 5.57. The zero-order valence-electron chi connectivity index (χ0n) is 16.9. The molecule has 0 saturated carbocycles. The van der Waals surface area contributed by atoms with Crippen LogP contribution in [-0.2, 0) is 11.2 Å². The second kappa shape index (κ2) is 9.05. The number of carbonyl (C=O) groups is 3. The molecular formula is C24H20N4O4. The average molecular weight is 428 g/mol. The first-order valence-electron chi connectivity index (χ1n) is 9.81. The number of amides is 4. The predicted molar refractivity (Wildman–Crippen MR) is 123 cm³/mol. The molecular weight excluding hydrogens is 408 g/mol. The van der Waals surface area contributed by atoms with Crippen molar-refractivity contribution in [3.63, 3.8) is 0 Å². The molecule has 0 aliphatic rings. The maximum atomic E-state index is 12.4. The average Bonchev–Trinajstić information content (AvgIpc) is 3.19. The number of rotatable bonds is 6. The summed E-state index contributed by atoms with van der Waals surface area (Å²) in [6.07, 6.45) is 0.144. The number of anilines is 3. The first-order valence-corrected chi connectivity index (χ1v) is 9.81. The number of nitrogens with two attached hydrogens (primary N) is 1. The number of urea groups is 1. The van der Waals surface area contributed by atoms with Crippen LogP contribution >= 0.6 is 0 Å². The van der Waals surface area contributed by atoms with E-state index in [2.05, 4.69) is 16.0 Å². The highest BCUT2D eigenvalue weighted by molar-refractivity contribution is 6.04. The van der Waals surface area contributed by atoms with Gasteiger partial charge in [0.05, 0.1) is 6.42 Å². The lowest BCUT2D eigenvalue weighted by molar-refractivity contribution is -0.115. The molecule has 32 heavy (non-hydrogen) atoms. The second-order valence-electron chi connectivity index (χ2n) is 7.09. The molecule has 0 aliphatic heterocycles. The fourth-order valence-electron chi connectivity index (χ4n) is 3.20. The van der Waals surface area contributed by atoms with Crippen LogP contribution in [0.1, 0.15) is 16.1 Å². The van der Waals surface area contributed by atoms with Crippen LogP contribution < -0.4 is 21.7 Å². The molecule has 0 unspecified atom stereocenters. The van der Waals surface area contributed by atoms with Crippen LogP contribution in [0.4, 0.5) is 21.9 Å². The minimum Gasteiger partial charge on any atom is -0.451 e. The van der Waals surface area contributed by atoms with E-state index in [1.807, 2.05) is 18.2 Å². The molecule has 0 bridgehead atoms. The maximum absolute atomic E-state index is 12.4. The van der Waals surface area contributed by atoms with E-state index in [1.54, 1.807) is 60.7 Å². The molecule has 4 amide bonds. The Labute approximate surface area is 183 Å². The summed E-state index contributed by atoms with van der Waals surface area (Å²) in [5.41, 5.74) is 8.14. The van der Waals surface area contributed by atoms with E-state index in [9.17, 15) is 14.4 Å². The Morgan fingerprint density at radius 1 is 0.750 bits per heavy atom. The molecule has 1 heterocycles. The van der Waals surface area contributed by atoms with Crippen LogP contribution in [0, 0.1) is 0 Å². The molecule has 3 aromatic carbocycles. The normalized spacial score (nSPS) is 10.5. The lowest BCUT2D eigenvalue weighted by atomic mass is 10.1. The minimum absolute atomic E-state index is 0.144. The van der Waals surface area contributed by atoms with Crippen LogP contribution in [-0.4, -0.2) is 17.8 Å². The van der Waals surface area contributed by atoms with Gasteiger partial charge in [-0.3, -0.25) is 9.59 Å². The molecule has 0 aliphatic carbocycles. The largest absolute Gasteiger partial charge is 0.451 e. The standard InChI is InChI=1S/C24H20N4O4/c25-24(31)28-19-6-3-5-18(14-19)26-22(29)12-15-8-10-17(11-9-15)27-23(30)21-13-16-4-1-2-7-20(16)32-21/h1-11,13-14H,12H2,(H,26,29)(H,27,30)(H3,25,28,31). The Morgan fingerprint density at radius 3 is 2.19 bits per heavy atom. The number of nitrogens with one attached hydrogen (secondary N) is 3. The number of primary amides is 1. The number of hydrogen-bond acceptors (Lipinski definition) is 4. The topological polar surface area (TPSA) is 126 Å². The van der Waals surface area contributed by atoms with Crippen molar-refractivity contribution in [3.8, 4) is 0 Å². The van der Waals surface area contributed by atoms with E-state index >= 15 is 0 Å². The fourth-order valence-corrected chi connectivity index (χ4v) is 3.20. The van der Waals surface area contributed by atoms with Crippen molar-refractivity contribution >= 4 is 45.9 Å². The van der Waals surface area contributed by atoms with E-state index in [4.69, 9.17) is 10.2 Å². The Kier molecular flexibility index (Phi) is 5.85. The van der Waals surface area contributed by atoms with Gasteiger partial charge >= 0.3 is 6.03 Å². The molecule has 0 saturated heterocycles. The highest BCUT2D eigenvalue weighted by Gasteiger charge is 2.12. The fraction of sp³-hybridized carbons (Fsp3) is 0.0417. The maximum Gasteiger partial charge on any atom is 0.316 e. The highest BCUT2D eigenvalue weighted by Crippen LogP contribution is 2.20. The molecule has 8 nitrogen and oxygen atoms in total. The van der Waals surface area contributed by atoms with Crippen molar-refractivity contribution in [2.24, 2.45) is 5.73 Å². The van der Waals surface area contributed by atoms with Crippen LogP contribution in [0.15, 0.2) is 83.3 Å². The number of fused-ring (bicyclic) bond motifs is 1. The molecule has 5 N–H and O–H groups in total. The van der Waals surface area contributed by atoms with Gasteiger partial charge in [-0.05, 0) is 48.0 Å². The van der Waals surface area contributed by atoms with Crippen molar-refractivity contribution in [3.05, 3.63) is 90.2 Å². The number of carbonyl (C=O) groups excluding carboxylic acids is 3. The summed E-state index contributed by atoms with van der Waals surface area (Å²) in [6.45, 7) is 0. The van der Waals surface area contributed by atoms with Crippen molar-refractivity contribution in [1.29, 1.82) is 0 Å². The van der Waals surface area contributed by atoms with Gasteiger partial charge in [-0.1, -0.05) is 36.4 Å². The summed E-state index contributed by atoms with van der Waals surface area (Å²) in [6, 6.07) is 22.1. The van der Waals surface area contributed by atoms with Gasteiger partial charge in [-0.15, -0.1) is 0 Å². The van der Waals surface area contributed by atoms with Gasteiger partial charge in [0, 0.05) is 22.4 Å². The summed E-state index contributed by atoms with van der Waals surface area (Å²) in [4.78, 5) is 35.7. The molecule has 0 atom stereocenters. The molecule has 4 aromatic rings. The van der Waals surface area contributed by atoms with Crippen molar-refractivity contribution in [2.45, 2.75) is 6.42 Å². The van der Waals surface area contributed by atoms with E-state index in [1.165, 1.54) is 0 Å². The molecule has 1 aromatic heterocycles. The molecule has 0 radical (unpaired) electrons. The Bertz CT molecular complexity index is 1260. The molecule has 160 valence electrons.